The summed E-state index contributed by atoms with van der Waals surface area (Å²) in [6.45, 7) is 0. The molecule has 3 nitrogen and oxygen atoms in total. The molecule has 5 heteroatoms. The zero-order valence-electron chi connectivity index (χ0n) is 9.87. The first-order valence-corrected chi connectivity index (χ1v) is 8.84. The van der Waals surface area contributed by atoms with Crippen LogP contribution in [0.1, 0.15) is 17.2 Å². The van der Waals surface area contributed by atoms with Gasteiger partial charge in [0.15, 0.2) is 9.84 Å². The van der Waals surface area contributed by atoms with Gasteiger partial charge < -0.3 is 5.32 Å². The lowest BCUT2D eigenvalue weighted by Crippen LogP contribution is -2.36. The van der Waals surface area contributed by atoms with Crippen molar-refractivity contribution in [2.75, 3.05) is 11.5 Å². The second-order valence-corrected chi connectivity index (χ2v) is 7.66. The largest absolute Gasteiger partial charge is 0.302 e. The summed E-state index contributed by atoms with van der Waals surface area (Å²) in [5.74, 6) is 2.24. The van der Waals surface area contributed by atoms with Gasteiger partial charge in [0, 0.05) is 29.0 Å². The molecule has 2 aliphatic rings. The van der Waals surface area contributed by atoms with E-state index in [4.69, 9.17) is 0 Å². The number of hydrogen-bond acceptors (Lipinski definition) is 4. The first kappa shape index (κ1) is 12.3. The number of hydrogen-bond donors (Lipinski definition) is 1. The van der Waals surface area contributed by atoms with Crippen LogP contribution in [-0.4, -0.2) is 26.0 Å². The van der Waals surface area contributed by atoms with Crippen molar-refractivity contribution in [3.05, 3.63) is 46.9 Å². The van der Waals surface area contributed by atoms with Crippen molar-refractivity contribution in [2.45, 2.75) is 17.8 Å². The number of fused-ring (bicyclic) bond motifs is 1. The van der Waals surface area contributed by atoms with E-state index in [2.05, 4.69) is 23.5 Å². The maximum atomic E-state index is 11.4. The van der Waals surface area contributed by atoms with Crippen LogP contribution in [0.2, 0.25) is 0 Å². The molecule has 0 aliphatic carbocycles. The summed E-state index contributed by atoms with van der Waals surface area (Å²) in [5, 5.41) is 4.77. The highest BCUT2D eigenvalue weighted by molar-refractivity contribution is 7.98. The topological polar surface area (TPSA) is 46.2 Å². The molecule has 1 N–H and O–H groups in total. The molecule has 1 aromatic rings. The summed E-state index contributed by atoms with van der Waals surface area (Å²) >= 11 is 1.89. The van der Waals surface area contributed by atoms with Crippen molar-refractivity contribution in [1.82, 2.24) is 5.32 Å². The molecule has 0 fully saturated rings. The second-order valence-electron chi connectivity index (χ2n) is 4.70. The van der Waals surface area contributed by atoms with Gasteiger partial charge in [-0.15, -0.1) is 0 Å². The molecule has 0 saturated heterocycles. The minimum atomic E-state index is -2.97. The Hall–Kier alpha value is -0.780. The van der Waals surface area contributed by atoms with Crippen molar-refractivity contribution in [3.8, 4) is 0 Å². The quantitative estimate of drug-likeness (QED) is 0.899. The minimum absolute atomic E-state index is 0.0493. The maximum absolute atomic E-state index is 11.4. The molecule has 0 amide bonds. The molecule has 18 heavy (non-hydrogen) atoms. The fourth-order valence-corrected chi connectivity index (χ4v) is 4.82. The highest BCUT2D eigenvalue weighted by Gasteiger charge is 2.27. The molecule has 2 heterocycles. The third-order valence-corrected chi connectivity index (χ3v) is 5.80. The highest BCUT2D eigenvalue weighted by Crippen LogP contribution is 2.32. The van der Waals surface area contributed by atoms with E-state index in [1.165, 1.54) is 16.5 Å². The standard InChI is InChI=1S/C13H15NO2S2/c15-18(16)6-5-11(9-18)14-13-8-17-7-10-3-1-2-4-12(10)13/h1-6,11,13-14H,7-9H2. The van der Waals surface area contributed by atoms with E-state index < -0.39 is 9.84 Å². The fourth-order valence-electron chi connectivity index (χ4n) is 2.46. The van der Waals surface area contributed by atoms with Gasteiger partial charge in [-0.05, 0) is 11.1 Å². The normalized spacial score (nSPS) is 29.1. The van der Waals surface area contributed by atoms with Crippen molar-refractivity contribution >= 4 is 21.6 Å². The SMILES string of the molecule is O=S1(=O)C=CC(NC2CSCc3ccccc32)C1. The van der Waals surface area contributed by atoms with Gasteiger partial charge in [-0.3, -0.25) is 0 Å². The van der Waals surface area contributed by atoms with Gasteiger partial charge in [0.25, 0.3) is 0 Å². The van der Waals surface area contributed by atoms with E-state index in [9.17, 15) is 8.42 Å². The van der Waals surface area contributed by atoms with Gasteiger partial charge in [-0.1, -0.05) is 30.3 Å². The van der Waals surface area contributed by atoms with Gasteiger partial charge >= 0.3 is 0 Å². The lowest BCUT2D eigenvalue weighted by molar-refractivity contribution is 0.536. The molecule has 1 aromatic carbocycles. The van der Waals surface area contributed by atoms with Crippen molar-refractivity contribution in [1.29, 1.82) is 0 Å². The molecule has 0 saturated carbocycles. The number of rotatable bonds is 2. The van der Waals surface area contributed by atoms with Gasteiger partial charge in [-0.2, -0.15) is 11.8 Å². The van der Waals surface area contributed by atoms with E-state index in [1.807, 2.05) is 17.8 Å². The van der Waals surface area contributed by atoms with E-state index in [-0.39, 0.29) is 17.8 Å². The van der Waals surface area contributed by atoms with Crippen LogP contribution >= 0.6 is 11.8 Å². The Bertz CT molecular complexity index is 580. The fraction of sp³-hybridized carbons (Fsp3) is 0.385. The van der Waals surface area contributed by atoms with Crippen molar-refractivity contribution in [3.63, 3.8) is 0 Å². The zero-order valence-corrected chi connectivity index (χ0v) is 11.5. The number of benzene rings is 1. The zero-order chi connectivity index (χ0) is 12.6. The van der Waals surface area contributed by atoms with E-state index in [0.29, 0.717) is 0 Å². The number of nitrogens with one attached hydrogen (secondary N) is 1. The van der Waals surface area contributed by atoms with Gasteiger partial charge in [0.05, 0.1) is 5.75 Å². The lowest BCUT2D eigenvalue weighted by atomic mass is 10.0. The molecular weight excluding hydrogens is 266 g/mol. The third kappa shape index (κ3) is 2.48. The second kappa shape index (κ2) is 4.72. The smallest absolute Gasteiger partial charge is 0.173 e. The van der Waals surface area contributed by atoms with Crippen molar-refractivity contribution < 1.29 is 8.42 Å². The molecule has 2 atom stereocenters. The maximum Gasteiger partial charge on any atom is 0.173 e. The van der Waals surface area contributed by atoms with Crippen LogP contribution in [0.5, 0.6) is 0 Å². The first-order chi connectivity index (χ1) is 8.64. The predicted molar refractivity (Wildman–Crippen MR) is 75.2 cm³/mol. The molecule has 0 radical (unpaired) electrons. The third-order valence-electron chi connectivity index (χ3n) is 3.32. The average Bonchev–Trinajstić information content (AvgIpc) is 2.69. The van der Waals surface area contributed by atoms with Crippen LogP contribution in [0.4, 0.5) is 0 Å². The average molecular weight is 281 g/mol. The van der Waals surface area contributed by atoms with E-state index in [0.717, 1.165) is 11.5 Å². The van der Waals surface area contributed by atoms with Crippen LogP contribution < -0.4 is 5.32 Å². The Morgan fingerprint density at radius 2 is 2.11 bits per heavy atom. The summed E-state index contributed by atoms with van der Waals surface area (Å²) in [6, 6.07) is 8.60. The summed E-state index contributed by atoms with van der Waals surface area (Å²) in [7, 11) is -2.97. The summed E-state index contributed by atoms with van der Waals surface area (Å²) in [6.07, 6.45) is 1.76. The summed E-state index contributed by atoms with van der Waals surface area (Å²) in [4.78, 5) is 0. The monoisotopic (exact) mass is 281 g/mol. The Morgan fingerprint density at radius 3 is 2.89 bits per heavy atom. The molecule has 0 bridgehead atoms. The number of sulfone groups is 1. The molecular formula is C13H15NO2S2. The van der Waals surface area contributed by atoms with Crippen molar-refractivity contribution in [2.24, 2.45) is 0 Å². The number of thioether (sulfide) groups is 1. The molecule has 2 aliphatic heterocycles. The van der Waals surface area contributed by atoms with Gasteiger partial charge in [0.2, 0.25) is 0 Å². The van der Waals surface area contributed by atoms with Gasteiger partial charge in [-0.25, -0.2) is 8.42 Å². The Labute approximate surface area is 112 Å². The predicted octanol–water partition coefficient (Wildman–Crippen LogP) is 1.87. The lowest BCUT2D eigenvalue weighted by Gasteiger charge is -2.28. The Balaban J connectivity index is 1.78. The molecule has 2 unspecified atom stereocenters. The molecule has 0 spiro atoms. The summed E-state index contributed by atoms with van der Waals surface area (Å²) in [5.41, 5.74) is 2.67. The summed E-state index contributed by atoms with van der Waals surface area (Å²) < 4.78 is 22.8. The minimum Gasteiger partial charge on any atom is -0.302 e. The van der Waals surface area contributed by atoms with Crippen LogP contribution in [0.3, 0.4) is 0 Å². The Morgan fingerprint density at radius 1 is 1.28 bits per heavy atom. The van der Waals surface area contributed by atoms with Crippen LogP contribution in [0.25, 0.3) is 0 Å². The first-order valence-electron chi connectivity index (χ1n) is 5.97. The van der Waals surface area contributed by atoms with Crippen LogP contribution in [0, 0.1) is 0 Å². The molecule has 96 valence electrons. The molecule has 0 aromatic heterocycles. The highest BCUT2D eigenvalue weighted by atomic mass is 32.2. The van der Waals surface area contributed by atoms with E-state index >= 15 is 0 Å². The van der Waals surface area contributed by atoms with Crippen LogP contribution in [-0.2, 0) is 15.6 Å². The van der Waals surface area contributed by atoms with Crippen LogP contribution in [0.15, 0.2) is 35.7 Å². The van der Waals surface area contributed by atoms with Gasteiger partial charge in [0.1, 0.15) is 0 Å². The molecule has 3 rings (SSSR count). The Kier molecular flexibility index (Phi) is 3.21. The van der Waals surface area contributed by atoms with E-state index in [1.54, 1.807) is 6.08 Å².